The van der Waals surface area contributed by atoms with Crippen molar-refractivity contribution in [3.63, 3.8) is 0 Å². The highest BCUT2D eigenvalue weighted by Crippen LogP contribution is 2.23. The van der Waals surface area contributed by atoms with Gasteiger partial charge in [0.05, 0.1) is 0 Å². The molecule has 0 radical (unpaired) electrons. The summed E-state index contributed by atoms with van der Waals surface area (Å²) >= 11 is 0. The van der Waals surface area contributed by atoms with Gasteiger partial charge in [-0.25, -0.2) is 0 Å². The second kappa shape index (κ2) is 6.13. The summed E-state index contributed by atoms with van der Waals surface area (Å²) in [5.41, 5.74) is 0. The molecule has 0 aliphatic carbocycles. The summed E-state index contributed by atoms with van der Waals surface area (Å²) < 4.78 is 22.2. The molecule has 6 heteroatoms. The van der Waals surface area contributed by atoms with Crippen LogP contribution in [0.1, 0.15) is 17.0 Å². The first kappa shape index (κ1) is 13.9. The Morgan fingerprint density at radius 2 is 2.05 bits per heavy atom. The molecule has 1 saturated heterocycles. The van der Waals surface area contributed by atoms with Gasteiger partial charge in [0.1, 0.15) is 5.75 Å². The number of nitrogens with one attached hydrogen (secondary N) is 1. The lowest BCUT2D eigenvalue weighted by Crippen LogP contribution is -2.34. The lowest BCUT2D eigenvalue weighted by molar-refractivity contribution is 0.0908. The van der Waals surface area contributed by atoms with Gasteiger partial charge in [-0.05, 0) is 24.6 Å². The zero-order chi connectivity index (χ0) is 14.7. The topological polar surface area (TPSA) is 68.5 Å². The van der Waals surface area contributed by atoms with Gasteiger partial charge in [0.15, 0.2) is 5.76 Å². The molecule has 5 nitrogen and oxygen atoms in total. The van der Waals surface area contributed by atoms with Gasteiger partial charge in [0.2, 0.25) is 0 Å². The Morgan fingerprint density at radius 1 is 1.24 bits per heavy atom. The van der Waals surface area contributed by atoms with E-state index in [1.165, 1.54) is 0 Å². The van der Waals surface area contributed by atoms with Gasteiger partial charge in [0, 0.05) is 34.4 Å². The SMILES string of the molecule is O=C(NC1CCS(=O)C1)c1ccc(Oc2ccccc2)o1. The fourth-order valence-electron chi connectivity index (χ4n) is 2.14. The molecule has 110 valence electrons. The number of hydrogen-bond acceptors (Lipinski definition) is 4. The van der Waals surface area contributed by atoms with Crippen molar-refractivity contribution in [2.24, 2.45) is 0 Å². The van der Waals surface area contributed by atoms with E-state index in [9.17, 15) is 9.00 Å². The molecule has 1 aromatic carbocycles. The number of carbonyl (C=O) groups is 1. The van der Waals surface area contributed by atoms with Crippen LogP contribution in [0.2, 0.25) is 0 Å². The third-order valence-corrected chi connectivity index (χ3v) is 4.65. The molecule has 0 spiro atoms. The van der Waals surface area contributed by atoms with E-state index in [4.69, 9.17) is 9.15 Å². The van der Waals surface area contributed by atoms with Gasteiger partial charge in [-0.3, -0.25) is 9.00 Å². The number of rotatable bonds is 4. The second-order valence-corrected chi connectivity index (χ2v) is 6.42. The molecule has 1 aromatic heterocycles. The number of para-hydroxylation sites is 1. The van der Waals surface area contributed by atoms with Crippen LogP contribution >= 0.6 is 0 Å². The molecule has 2 unspecified atom stereocenters. The van der Waals surface area contributed by atoms with Gasteiger partial charge in [0.25, 0.3) is 11.9 Å². The van der Waals surface area contributed by atoms with Crippen molar-refractivity contribution in [3.8, 4) is 11.7 Å². The standard InChI is InChI=1S/C15H15NO4S/c17-15(16-11-8-9-21(18)10-11)13-6-7-14(20-13)19-12-4-2-1-3-5-12/h1-7,11H,8-10H2,(H,16,17). The van der Waals surface area contributed by atoms with Crippen LogP contribution < -0.4 is 10.1 Å². The zero-order valence-electron chi connectivity index (χ0n) is 11.3. The Kier molecular flexibility index (Phi) is 4.06. The number of ether oxygens (including phenoxy) is 1. The van der Waals surface area contributed by atoms with E-state index in [0.29, 0.717) is 17.3 Å². The average Bonchev–Trinajstić information content (AvgIpc) is 3.09. The minimum absolute atomic E-state index is 0.0399. The summed E-state index contributed by atoms with van der Waals surface area (Å²) in [6, 6.07) is 12.3. The fourth-order valence-corrected chi connectivity index (χ4v) is 3.55. The summed E-state index contributed by atoms with van der Waals surface area (Å²) in [5, 5.41) is 2.82. The molecule has 2 atom stereocenters. The maximum absolute atomic E-state index is 12.0. The van der Waals surface area contributed by atoms with Crippen LogP contribution in [0.5, 0.6) is 11.7 Å². The highest BCUT2D eigenvalue weighted by atomic mass is 32.2. The van der Waals surface area contributed by atoms with Crippen LogP contribution in [0.15, 0.2) is 46.9 Å². The first-order valence-corrected chi connectivity index (χ1v) is 8.18. The number of carbonyl (C=O) groups excluding carboxylic acids is 1. The highest BCUT2D eigenvalue weighted by Gasteiger charge is 2.24. The Labute approximate surface area is 124 Å². The first-order chi connectivity index (χ1) is 10.2. The van der Waals surface area contributed by atoms with Gasteiger partial charge >= 0.3 is 0 Å². The van der Waals surface area contributed by atoms with Crippen molar-refractivity contribution < 1.29 is 18.2 Å². The molecule has 3 rings (SSSR count). The first-order valence-electron chi connectivity index (χ1n) is 6.69. The van der Waals surface area contributed by atoms with Crippen LogP contribution in [-0.2, 0) is 10.8 Å². The van der Waals surface area contributed by atoms with E-state index < -0.39 is 10.8 Å². The van der Waals surface area contributed by atoms with Crippen LogP contribution in [0, 0.1) is 0 Å². The van der Waals surface area contributed by atoms with E-state index in [0.717, 1.165) is 6.42 Å². The zero-order valence-corrected chi connectivity index (χ0v) is 12.1. The lowest BCUT2D eigenvalue weighted by atomic mass is 10.2. The van der Waals surface area contributed by atoms with Crippen molar-refractivity contribution in [2.45, 2.75) is 12.5 Å². The van der Waals surface area contributed by atoms with Crippen molar-refractivity contribution in [3.05, 3.63) is 48.2 Å². The van der Waals surface area contributed by atoms with E-state index in [1.54, 1.807) is 24.3 Å². The summed E-state index contributed by atoms with van der Waals surface area (Å²) in [7, 11) is -0.817. The van der Waals surface area contributed by atoms with Crippen LogP contribution in [0.4, 0.5) is 0 Å². The van der Waals surface area contributed by atoms with Gasteiger partial charge < -0.3 is 14.5 Å². The van der Waals surface area contributed by atoms with Crippen LogP contribution in [0.25, 0.3) is 0 Å². The predicted molar refractivity (Wildman–Crippen MR) is 79.0 cm³/mol. The van der Waals surface area contributed by atoms with Crippen molar-refractivity contribution in [1.29, 1.82) is 0 Å². The van der Waals surface area contributed by atoms with Crippen LogP contribution in [0.3, 0.4) is 0 Å². The minimum atomic E-state index is -0.817. The smallest absolute Gasteiger partial charge is 0.290 e. The Bertz CT molecular complexity index is 653. The minimum Gasteiger partial charge on any atom is -0.426 e. The molecular weight excluding hydrogens is 290 g/mol. The molecule has 1 aliphatic rings. The van der Waals surface area contributed by atoms with E-state index in [1.807, 2.05) is 18.2 Å². The third kappa shape index (κ3) is 3.52. The summed E-state index contributed by atoms with van der Waals surface area (Å²) in [5.74, 6) is 1.96. The molecule has 1 N–H and O–H groups in total. The largest absolute Gasteiger partial charge is 0.426 e. The second-order valence-electron chi connectivity index (χ2n) is 4.80. The van der Waals surface area contributed by atoms with E-state index in [2.05, 4.69) is 5.32 Å². The number of hydrogen-bond donors (Lipinski definition) is 1. The van der Waals surface area contributed by atoms with Crippen LogP contribution in [-0.4, -0.2) is 27.7 Å². The number of furan rings is 1. The molecule has 21 heavy (non-hydrogen) atoms. The number of benzene rings is 1. The quantitative estimate of drug-likeness (QED) is 0.941. The normalized spacial score (nSPS) is 21.1. The number of amides is 1. The molecule has 1 aliphatic heterocycles. The van der Waals surface area contributed by atoms with Crippen molar-refractivity contribution >= 4 is 16.7 Å². The Hall–Kier alpha value is -2.08. The average molecular weight is 305 g/mol. The van der Waals surface area contributed by atoms with Gasteiger partial charge in [-0.2, -0.15) is 0 Å². The molecule has 1 fully saturated rings. The van der Waals surface area contributed by atoms with Gasteiger partial charge in [-0.15, -0.1) is 0 Å². The Morgan fingerprint density at radius 3 is 2.76 bits per heavy atom. The van der Waals surface area contributed by atoms with E-state index >= 15 is 0 Å². The summed E-state index contributed by atoms with van der Waals surface area (Å²) in [4.78, 5) is 12.0. The maximum Gasteiger partial charge on any atom is 0.290 e. The molecule has 2 heterocycles. The third-order valence-electron chi connectivity index (χ3n) is 3.18. The Balaban J connectivity index is 1.61. The fraction of sp³-hybridized carbons (Fsp3) is 0.267. The molecule has 0 saturated carbocycles. The molecular formula is C15H15NO4S. The maximum atomic E-state index is 12.0. The summed E-state index contributed by atoms with van der Waals surface area (Å²) in [6.45, 7) is 0. The predicted octanol–water partition coefficient (Wildman–Crippen LogP) is 2.32. The monoisotopic (exact) mass is 305 g/mol. The molecule has 1 amide bonds. The summed E-state index contributed by atoms with van der Waals surface area (Å²) in [6.07, 6.45) is 0.742. The van der Waals surface area contributed by atoms with Crippen molar-refractivity contribution in [1.82, 2.24) is 5.32 Å². The van der Waals surface area contributed by atoms with Crippen molar-refractivity contribution in [2.75, 3.05) is 11.5 Å². The van der Waals surface area contributed by atoms with Gasteiger partial charge in [-0.1, -0.05) is 18.2 Å². The molecule has 2 aromatic rings. The van der Waals surface area contributed by atoms with E-state index in [-0.39, 0.29) is 23.7 Å². The highest BCUT2D eigenvalue weighted by molar-refractivity contribution is 7.85. The lowest BCUT2D eigenvalue weighted by Gasteiger charge is -2.08. The molecule has 0 bridgehead atoms.